The molecule has 0 spiro atoms. The summed E-state index contributed by atoms with van der Waals surface area (Å²) in [7, 11) is 1.63. The average Bonchev–Trinajstić information content (AvgIpc) is 2.62. The summed E-state index contributed by atoms with van der Waals surface area (Å²) in [6, 6.07) is 14.4. The van der Waals surface area contributed by atoms with Gasteiger partial charge in [0.05, 0.1) is 13.2 Å². The second kappa shape index (κ2) is 9.69. The van der Waals surface area contributed by atoms with Gasteiger partial charge in [-0.25, -0.2) is 0 Å². The number of methoxy groups -OCH3 is 1. The van der Waals surface area contributed by atoms with E-state index in [1.807, 2.05) is 24.3 Å². The second-order valence-corrected chi connectivity index (χ2v) is 6.05. The van der Waals surface area contributed by atoms with Crippen LogP contribution in [0.1, 0.15) is 24.2 Å². The van der Waals surface area contributed by atoms with Crippen molar-refractivity contribution in [1.82, 2.24) is 0 Å². The van der Waals surface area contributed by atoms with E-state index >= 15 is 0 Å². The van der Waals surface area contributed by atoms with Crippen molar-refractivity contribution in [3.8, 4) is 11.5 Å². The minimum Gasteiger partial charge on any atom is -0.493 e. The Hall–Kier alpha value is -2.53. The van der Waals surface area contributed by atoms with Gasteiger partial charge < -0.3 is 19.5 Å². The molecular weight excluding hydrogens is 318 g/mol. The molecule has 0 heterocycles. The minimum absolute atomic E-state index is 0.178. The van der Waals surface area contributed by atoms with Gasteiger partial charge in [-0.05, 0) is 48.4 Å². The Morgan fingerprint density at radius 1 is 1.00 bits per heavy atom. The van der Waals surface area contributed by atoms with Crippen molar-refractivity contribution in [1.29, 1.82) is 0 Å². The highest BCUT2D eigenvalue weighted by atomic mass is 16.5. The fourth-order valence-corrected chi connectivity index (χ4v) is 2.07. The van der Waals surface area contributed by atoms with Crippen LogP contribution < -0.4 is 14.8 Å². The molecule has 5 nitrogen and oxygen atoms in total. The molecule has 25 heavy (non-hydrogen) atoms. The number of carbonyl (C=O) groups excluding carboxylic acids is 1. The average molecular weight is 343 g/mol. The molecule has 0 aromatic heterocycles. The summed E-state index contributed by atoms with van der Waals surface area (Å²) in [4.78, 5) is 12.4. The van der Waals surface area contributed by atoms with Crippen molar-refractivity contribution < 1.29 is 19.0 Å². The van der Waals surface area contributed by atoms with E-state index in [2.05, 4.69) is 19.2 Å². The molecule has 0 radical (unpaired) electrons. The molecule has 0 saturated heterocycles. The van der Waals surface area contributed by atoms with E-state index in [-0.39, 0.29) is 5.91 Å². The maximum absolute atomic E-state index is 12.4. The van der Waals surface area contributed by atoms with Crippen LogP contribution in [0, 0.1) is 5.92 Å². The molecule has 0 aliphatic carbocycles. The molecule has 5 heteroatoms. The van der Waals surface area contributed by atoms with Crippen LogP contribution in [0.3, 0.4) is 0 Å². The SMILES string of the molecule is COCCOc1ccc(NC(=O)c2cccc(OCC(C)C)c2)cc1. The fourth-order valence-electron chi connectivity index (χ4n) is 2.07. The van der Waals surface area contributed by atoms with Crippen LogP contribution in [0.25, 0.3) is 0 Å². The Kier molecular flexibility index (Phi) is 7.29. The van der Waals surface area contributed by atoms with Gasteiger partial charge in [0, 0.05) is 18.4 Å². The number of amides is 1. The first-order valence-electron chi connectivity index (χ1n) is 8.34. The zero-order valence-electron chi connectivity index (χ0n) is 15.0. The van der Waals surface area contributed by atoms with Crippen molar-refractivity contribution in [3.05, 3.63) is 54.1 Å². The first kappa shape index (κ1) is 18.8. The molecule has 2 aromatic carbocycles. The van der Waals surface area contributed by atoms with Gasteiger partial charge in [0.25, 0.3) is 5.91 Å². The topological polar surface area (TPSA) is 56.8 Å². The molecular formula is C20H25NO4. The van der Waals surface area contributed by atoms with Crippen LogP contribution in [0.5, 0.6) is 11.5 Å². The van der Waals surface area contributed by atoms with Gasteiger partial charge in [-0.2, -0.15) is 0 Å². The Morgan fingerprint density at radius 2 is 1.76 bits per heavy atom. The van der Waals surface area contributed by atoms with E-state index in [1.165, 1.54) is 0 Å². The molecule has 0 fully saturated rings. The highest BCUT2D eigenvalue weighted by Crippen LogP contribution is 2.18. The predicted octanol–water partition coefficient (Wildman–Crippen LogP) is 4.00. The molecule has 134 valence electrons. The fraction of sp³-hybridized carbons (Fsp3) is 0.350. The lowest BCUT2D eigenvalue weighted by Crippen LogP contribution is -2.12. The predicted molar refractivity (Wildman–Crippen MR) is 98.5 cm³/mol. The lowest BCUT2D eigenvalue weighted by molar-refractivity contribution is 0.102. The van der Waals surface area contributed by atoms with Gasteiger partial charge in [-0.1, -0.05) is 19.9 Å². The number of carbonyl (C=O) groups is 1. The largest absolute Gasteiger partial charge is 0.493 e. The number of nitrogens with one attached hydrogen (secondary N) is 1. The summed E-state index contributed by atoms with van der Waals surface area (Å²) >= 11 is 0. The van der Waals surface area contributed by atoms with E-state index in [0.29, 0.717) is 42.7 Å². The Balaban J connectivity index is 1.93. The minimum atomic E-state index is -0.178. The molecule has 2 rings (SSSR count). The Bertz CT molecular complexity index is 668. The van der Waals surface area contributed by atoms with E-state index in [4.69, 9.17) is 14.2 Å². The number of ether oxygens (including phenoxy) is 3. The molecule has 0 bridgehead atoms. The maximum Gasteiger partial charge on any atom is 0.255 e. The monoisotopic (exact) mass is 343 g/mol. The lowest BCUT2D eigenvalue weighted by Gasteiger charge is -2.11. The zero-order chi connectivity index (χ0) is 18.1. The Labute approximate surface area is 148 Å². The third kappa shape index (κ3) is 6.47. The van der Waals surface area contributed by atoms with Gasteiger partial charge in [0.2, 0.25) is 0 Å². The molecule has 1 amide bonds. The van der Waals surface area contributed by atoms with Crippen LogP contribution in [0.2, 0.25) is 0 Å². The van der Waals surface area contributed by atoms with Crippen LogP contribution in [-0.4, -0.2) is 32.8 Å². The Morgan fingerprint density at radius 3 is 2.44 bits per heavy atom. The van der Waals surface area contributed by atoms with Crippen LogP contribution >= 0.6 is 0 Å². The summed E-state index contributed by atoms with van der Waals surface area (Å²) in [5.41, 5.74) is 1.26. The zero-order valence-corrected chi connectivity index (χ0v) is 15.0. The molecule has 0 atom stereocenters. The van der Waals surface area contributed by atoms with Crippen molar-refractivity contribution in [2.45, 2.75) is 13.8 Å². The van der Waals surface area contributed by atoms with Gasteiger partial charge in [0.1, 0.15) is 18.1 Å². The van der Waals surface area contributed by atoms with Crippen molar-refractivity contribution >= 4 is 11.6 Å². The summed E-state index contributed by atoms with van der Waals surface area (Å²) in [5, 5.41) is 2.87. The van der Waals surface area contributed by atoms with E-state index in [9.17, 15) is 4.79 Å². The van der Waals surface area contributed by atoms with E-state index < -0.39 is 0 Å². The molecule has 0 unspecified atom stereocenters. The number of hydrogen-bond donors (Lipinski definition) is 1. The normalized spacial score (nSPS) is 10.6. The number of benzene rings is 2. The third-order valence-electron chi connectivity index (χ3n) is 3.35. The maximum atomic E-state index is 12.4. The molecule has 2 aromatic rings. The van der Waals surface area contributed by atoms with Crippen molar-refractivity contribution in [2.75, 3.05) is 32.2 Å². The molecule has 1 N–H and O–H groups in total. The van der Waals surface area contributed by atoms with Crippen LogP contribution in [-0.2, 0) is 4.74 Å². The van der Waals surface area contributed by atoms with Crippen molar-refractivity contribution in [2.24, 2.45) is 5.92 Å². The quantitative estimate of drug-likeness (QED) is 0.699. The first-order chi connectivity index (χ1) is 12.1. The summed E-state index contributed by atoms with van der Waals surface area (Å²) in [6.45, 7) is 5.81. The van der Waals surface area contributed by atoms with Crippen LogP contribution in [0.15, 0.2) is 48.5 Å². The summed E-state index contributed by atoms with van der Waals surface area (Å²) in [5.74, 6) is 1.69. The van der Waals surface area contributed by atoms with Gasteiger partial charge in [0.15, 0.2) is 0 Å². The van der Waals surface area contributed by atoms with E-state index in [0.717, 1.165) is 5.75 Å². The van der Waals surface area contributed by atoms with E-state index in [1.54, 1.807) is 31.4 Å². The summed E-state index contributed by atoms with van der Waals surface area (Å²) < 4.78 is 16.1. The lowest BCUT2D eigenvalue weighted by atomic mass is 10.2. The molecule has 0 aliphatic heterocycles. The highest BCUT2D eigenvalue weighted by molar-refractivity contribution is 6.04. The number of rotatable bonds is 9. The standard InChI is InChI=1S/C20H25NO4/c1-15(2)14-25-19-6-4-5-16(13-19)20(22)21-17-7-9-18(10-8-17)24-12-11-23-3/h4-10,13,15H,11-12,14H2,1-3H3,(H,21,22). The molecule has 0 saturated carbocycles. The summed E-state index contributed by atoms with van der Waals surface area (Å²) in [6.07, 6.45) is 0. The van der Waals surface area contributed by atoms with Crippen molar-refractivity contribution in [3.63, 3.8) is 0 Å². The van der Waals surface area contributed by atoms with Crippen LogP contribution in [0.4, 0.5) is 5.69 Å². The third-order valence-corrected chi connectivity index (χ3v) is 3.35. The van der Waals surface area contributed by atoms with Gasteiger partial charge in [-0.15, -0.1) is 0 Å². The van der Waals surface area contributed by atoms with Gasteiger partial charge >= 0.3 is 0 Å². The number of hydrogen-bond acceptors (Lipinski definition) is 4. The highest BCUT2D eigenvalue weighted by Gasteiger charge is 2.08. The smallest absolute Gasteiger partial charge is 0.255 e. The first-order valence-corrected chi connectivity index (χ1v) is 8.34. The second-order valence-electron chi connectivity index (χ2n) is 6.05. The number of anilines is 1. The van der Waals surface area contributed by atoms with Gasteiger partial charge in [-0.3, -0.25) is 4.79 Å². The molecule has 0 aliphatic rings.